The van der Waals surface area contributed by atoms with Gasteiger partial charge in [0, 0.05) is 25.7 Å². The lowest BCUT2D eigenvalue weighted by atomic mass is 10.1. The molecular weight excluding hydrogens is 437 g/mol. The molecule has 1 saturated carbocycles. The van der Waals surface area contributed by atoms with Crippen molar-refractivity contribution in [1.29, 1.82) is 0 Å². The van der Waals surface area contributed by atoms with Crippen LogP contribution in [0, 0.1) is 0 Å². The predicted molar refractivity (Wildman–Crippen MR) is 116 cm³/mol. The smallest absolute Gasteiger partial charge is 0.387 e. The fourth-order valence-electron chi connectivity index (χ4n) is 4.95. The van der Waals surface area contributed by atoms with Crippen LogP contribution in [0.4, 0.5) is 24.9 Å². The number of rotatable bonds is 4. The first-order valence-corrected chi connectivity index (χ1v) is 11.3. The van der Waals surface area contributed by atoms with Gasteiger partial charge in [-0.15, -0.1) is 0 Å². The molecule has 0 radical (unpaired) electrons. The molecule has 1 saturated heterocycles. The molecule has 2 fully saturated rings. The van der Waals surface area contributed by atoms with Crippen LogP contribution in [0.2, 0.25) is 0 Å². The highest BCUT2D eigenvalue weighted by atomic mass is 19.4. The fourth-order valence-corrected chi connectivity index (χ4v) is 4.95. The SMILES string of the molecule is CC1CN(c2cc(=O)n3c(n2)N(C[C@@H](O)c2ccccc2)[C@H](C(F)(F)F)CC3)CC2(CC2)O1. The topological polar surface area (TPSA) is 70.8 Å². The first kappa shape index (κ1) is 22.2. The van der Waals surface area contributed by atoms with Crippen LogP contribution in [-0.2, 0) is 11.3 Å². The van der Waals surface area contributed by atoms with E-state index < -0.39 is 18.3 Å². The van der Waals surface area contributed by atoms with E-state index >= 15 is 0 Å². The summed E-state index contributed by atoms with van der Waals surface area (Å²) in [6, 6.07) is 8.11. The van der Waals surface area contributed by atoms with Gasteiger partial charge in [-0.1, -0.05) is 30.3 Å². The zero-order valence-corrected chi connectivity index (χ0v) is 18.3. The summed E-state index contributed by atoms with van der Waals surface area (Å²) in [7, 11) is 0. The van der Waals surface area contributed by atoms with Gasteiger partial charge in [-0.25, -0.2) is 0 Å². The molecule has 1 aromatic heterocycles. The Labute approximate surface area is 189 Å². The van der Waals surface area contributed by atoms with Crippen molar-refractivity contribution in [1.82, 2.24) is 9.55 Å². The summed E-state index contributed by atoms with van der Waals surface area (Å²) in [5.74, 6) is 0.305. The van der Waals surface area contributed by atoms with Gasteiger partial charge in [-0.2, -0.15) is 18.2 Å². The maximum atomic E-state index is 14.0. The van der Waals surface area contributed by atoms with Gasteiger partial charge in [0.05, 0.1) is 24.4 Å². The van der Waals surface area contributed by atoms with E-state index in [0.717, 1.165) is 17.7 Å². The molecule has 0 amide bonds. The van der Waals surface area contributed by atoms with Crippen molar-refractivity contribution >= 4 is 11.8 Å². The van der Waals surface area contributed by atoms with Crippen LogP contribution >= 0.6 is 0 Å². The number of aromatic nitrogens is 2. The molecule has 0 bridgehead atoms. The van der Waals surface area contributed by atoms with Crippen LogP contribution in [0.3, 0.4) is 0 Å². The van der Waals surface area contributed by atoms with E-state index in [2.05, 4.69) is 4.98 Å². The van der Waals surface area contributed by atoms with Crippen LogP contribution in [0.15, 0.2) is 41.2 Å². The molecule has 1 N–H and O–H groups in total. The quantitative estimate of drug-likeness (QED) is 0.751. The van der Waals surface area contributed by atoms with Gasteiger partial charge in [-0.3, -0.25) is 9.36 Å². The number of nitrogens with zero attached hydrogens (tertiary/aromatic N) is 4. The first-order chi connectivity index (χ1) is 15.7. The van der Waals surface area contributed by atoms with Crippen LogP contribution in [0.1, 0.15) is 37.9 Å². The van der Waals surface area contributed by atoms with E-state index in [9.17, 15) is 23.1 Å². The molecule has 3 aliphatic rings. The molecule has 7 nitrogen and oxygen atoms in total. The molecular formula is C23H27F3N4O3. The van der Waals surface area contributed by atoms with Crippen molar-refractivity contribution < 1.29 is 23.0 Å². The van der Waals surface area contributed by atoms with Crippen LogP contribution < -0.4 is 15.4 Å². The van der Waals surface area contributed by atoms with E-state index in [1.54, 1.807) is 30.3 Å². The van der Waals surface area contributed by atoms with Gasteiger partial charge in [-0.05, 0) is 31.7 Å². The minimum Gasteiger partial charge on any atom is -0.387 e. The van der Waals surface area contributed by atoms with Crippen molar-refractivity contribution in [3.8, 4) is 0 Å². The second kappa shape index (κ2) is 8.02. The second-order valence-electron chi connectivity index (χ2n) is 9.32. The molecule has 1 aromatic carbocycles. The van der Waals surface area contributed by atoms with Crippen molar-refractivity contribution in [2.75, 3.05) is 29.4 Å². The van der Waals surface area contributed by atoms with Gasteiger partial charge >= 0.3 is 6.18 Å². The Morgan fingerprint density at radius 3 is 2.67 bits per heavy atom. The van der Waals surface area contributed by atoms with Crippen molar-refractivity contribution in [2.24, 2.45) is 0 Å². The standard InChI is InChI=1S/C23H27F3N4O3/c1-15-12-28(14-22(33-15)8-9-22)19-11-20(32)29-10-7-18(23(24,25)26)30(21(29)27-19)13-17(31)16-5-3-2-4-6-16/h2-6,11,15,17-18,31H,7-10,12-14H2,1H3/t15?,17-,18+/m1/s1. The molecule has 10 heteroatoms. The van der Waals surface area contributed by atoms with E-state index in [-0.39, 0.29) is 42.7 Å². The molecule has 1 unspecified atom stereocenters. The third-order valence-corrected chi connectivity index (χ3v) is 6.71. The van der Waals surface area contributed by atoms with Crippen LogP contribution in [0.25, 0.3) is 0 Å². The Balaban J connectivity index is 1.52. The number of anilines is 2. The van der Waals surface area contributed by atoms with Crippen LogP contribution in [-0.4, -0.2) is 58.2 Å². The highest BCUT2D eigenvalue weighted by Crippen LogP contribution is 2.44. The molecule has 178 valence electrons. The number of fused-ring (bicyclic) bond motifs is 1. The molecule has 3 heterocycles. The monoisotopic (exact) mass is 464 g/mol. The van der Waals surface area contributed by atoms with E-state index in [1.807, 2.05) is 11.8 Å². The third-order valence-electron chi connectivity index (χ3n) is 6.71. The average molecular weight is 464 g/mol. The highest BCUT2D eigenvalue weighted by molar-refractivity contribution is 5.48. The molecule has 2 aromatic rings. The number of morpholine rings is 1. The number of hydrogen-bond donors (Lipinski definition) is 1. The minimum atomic E-state index is -4.53. The maximum absolute atomic E-state index is 14.0. The lowest BCUT2D eigenvalue weighted by molar-refractivity contribution is -0.153. The van der Waals surface area contributed by atoms with Crippen LogP contribution in [0.5, 0.6) is 0 Å². The summed E-state index contributed by atoms with van der Waals surface area (Å²) in [5, 5.41) is 10.7. The van der Waals surface area contributed by atoms with Gasteiger partial charge in [0.1, 0.15) is 11.9 Å². The average Bonchev–Trinajstić information content (AvgIpc) is 3.50. The Morgan fingerprint density at radius 1 is 1.27 bits per heavy atom. The normalized spacial score (nSPS) is 25.1. The number of halogens is 3. The Kier molecular flexibility index (Phi) is 5.40. The lowest BCUT2D eigenvalue weighted by Crippen LogP contribution is -2.54. The zero-order valence-electron chi connectivity index (χ0n) is 18.3. The zero-order chi connectivity index (χ0) is 23.4. The van der Waals surface area contributed by atoms with Crippen molar-refractivity contribution in [3.05, 3.63) is 52.3 Å². The van der Waals surface area contributed by atoms with Crippen molar-refractivity contribution in [2.45, 2.75) is 62.8 Å². The summed E-state index contributed by atoms with van der Waals surface area (Å²) < 4.78 is 49.3. The molecule has 2 aliphatic heterocycles. The van der Waals surface area contributed by atoms with E-state index in [4.69, 9.17) is 4.74 Å². The number of β-amino-alcohol motifs (C(OH)–C–C–N with tert-alkyl or cyclic N) is 1. The number of ether oxygens (including phenoxy) is 1. The second-order valence-corrected chi connectivity index (χ2v) is 9.32. The number of aliphatic hydroxyl groups is 1. The Morgan fingerprint density at radius 2 is 2.00 bits per heavy atom. The summed E-state index contributed by atoms with van der Waals surface area (Å²) in [5.41, 5.74) is -0.131. The maximum Gasteiger partial charge on any atom is 0.408 e. The summed E-state index contributed by atoms with van der Waals surface area (Å²) in [4.78, 5) is 20.5. The number of aliphatic hydroxyl groups excluding tert-OH is 1. The fraction of sp³-hybridized carbons (Fsp3) is 0.565. The summed E-state index contributed by atoms with van der Waals surface area (Å²) in [6.45, 7) is 2.61. The number of alkyl halides is 3. The Bertz CT molecular complexity index is 1070. The summed E-state index contributed by atoms with van der Waals surface area (Å²) >= 11 is 0. The molecule has 1 spiro atoms. The largest absolute Gasteiger partial charge is 0.408 e. The molecule has 5 rings (SSSR count). The number of benzene rings is 1. The van der Waals surface area contributed by atoms with Gasteiger partial charge in [0.15, 0.2) is 0 Å². The number of hydrogen-bond acceptors (Lipinski definition) is 6. The minimum absolute atomic E-state index is 0.0509. The van der Waals surface area contributed by atoms with Crippen molar-refractivity contribution in [3.63, 3.8) is 0 Å². The van der Waals surface area contributed by atoms with E-state index in [1.165, 1.54) is 10.6 Å². The first-order valence-electron chi connectivity index (χ1n) is 11.3. The molecule has 3 atom stereocenters. The summed E-state index contributed by atoms with van der Waals surface area (Å²) in [6.07, 6.45) is -4.20. The van der Waals surface area contributed by atoms with Gasteiger partial charge < -0.3 is 19.6 Å². The van der Waals surface area contributed by atoms with Gasteiger partial charge in [0.2, 0.25) is 5.95 Å². The predicted octanol–water partition coefficient (Wildman–Crippen LogP) is 2.88. The van der Waals surface area contributed by atoms with E-state index in [0.29, 0.717) is 24.5 Å². The Hall–Kier alpha value is -2.59. The highest BCUT2D eigenvalue weighted by Gasteiger charge is 2.50. The third kappa shape index (κ3) is 4.33. The lowest BCUT2D eigenvalue weighted by Gasteiger charge is -2.41. The molecule has 33 heavy (non-hydrogen) atoms. The molecule has 1 aliphatic carbocycles. The van der Waals surface area contributed by atoms with Gasteiger partial charge in [0.25, 0.3) is 5.56 Å².